The van der Waals surface area contributed by atoms with Crippen molar-refractivity contribution >= 4 is 0 Å². The fourth-order valence-electron chi connectivity index (χ4n) is 2.64. The summed E-state index contributed by atoms with van der Waals surface area (Å²) < 4.78 is 23.2. The largest absolute Gasteiger partial charge is 0.394 e. The molecule has 4 unspecified atom stereocenters. The Morgan fingerprint density at radius 1 is 0.792 bits per heavy atom. The van der Waals surface area contributed by atoms with Crippen molar-refractivity contribution in [3.8, 4) is 0 Å². The predicted molar refractivity (Wildman–Crippen MR) is 91.9 cm³/mol. The third-order valence-corrected chi connectivity index (χ3v) is 4.19. The molecule has 6 nitrogen and oxygen atoms in total. The smallest absolute Gasteiger partial charge is 0.186 e. The van der Waals surface area contributed by atoms with Crippen LogP contribution < -0.4 is 0 Å². The van der Waals surface area contributed by atoms with Gasteiger partial charge in [-0.1, -0.05) is 40.0 Å². The van der Waals surface area contributed by atoms with Gasteiger partial charge < -0.3 is 29.2 Å². The van der Waals surface area contributed by atoms with Crippen LogP contribution in [0.25, 0.3) is 0 Å². The lowest BCUT2D eigenvalue weighted by Gasteiger charge is -2.43. The van der Waals surface area contributed by atoms with Crippen LogP contribution >= 0.6 is 0 Å². The van der Waals surface area contributed by atoms with Crippen LogP contribution in [-0.2, 0) is 18.9 Å². The first-order valence-electron chi connectivity index (χ1n) is 9.48. The van der Waals surface area contributed by atoms with E-state index in [1.165, 1.54) is 0 Å². The highest BCUT2D eigenvalue weighted by atomic mass is 16.7. The minimum Gasteiger partial charge on any atom is -0.394 e. The van der Waals surface area contributed by atoms with Crippen molar-refractivity contribution in [3.05, 3.63) is 0 Å². The molecule has 6 heteroatoms. The molecule has 1 aliphatic rings. The Morgan fingerprint density at radius 2 is 1.29 bits per heavy atom. The van der Waals surface area contributed by atoms with Gasteiger partial charge >= 0.3 is 0 Å². The quantitative estimate of drug-likeness (QED) is 0.497. The molecule has 0 aliphatic carbocycles. The summed E-state index contributed by atoms with van der Waals surface area (Å²) in [6.45, 7) is 7.68. The maximum absolute atomic E-state index is 10.6. The lowest BCUT2D eigenvalue weighted by atomic mass is 9.98. The molecule has 0 amide bonds. The van der Waals surface area contributed by atoms with Crippen molar-refractivity contribution in [3.63, 3.8) is 0 Å². The van der Waals surface area contributed by atoms with E-state index in [1.54, 1.807) is 0 Å². The summed E-state index contributed by atoms with van der Waals surface area (Å²) in [6.07, 6.45) is 2.47. The number of aliphatic hydroxyl groups excluding tert-OH is 2. The van der Waals surface area contributed by atoms with Gasteiger partial charge in [0.15, 0.2) is 6.29 Å². The molecule has 0 spiro atoms. The van der Waals surface area contributed by atoms with E-state index in [4.69, 9.17) is 18.9 Å². The molecule has 1 aliphatic heterocycles. The number of hydrogen-bond donors (Lipinski definition) is 2. The van der Waals surface area contributed by atoms with Crippen LogP contribution in [0.3, 0.4) is 0 Å². The SMILES string of the molecule is CCCCOC1OC(CO)[C@@H](OCCCC)C(OCCCC)C1O. The average Bonchev–Trinajstić information content (AvgIpc) is 2.59. The van der Waals surface area contributed by atoms with Gasteiger partial charge in [0, 0.05) is 19.8 Å². The third-order valence-electron chi connectivity index (χ3n) is 4.19. The van der Waals surface area contributed by atoms with Crippen molar-refractivity contribution < 1.29 is 29.2 Å². The van der Waals surface area contributed by atoms with Gasteiger partial charge in [-0.15, -0.1) is 0 Å². The average molecular weight is 348 g/mol. The minimum absolute atomic E-state index is 0.190. The molecule has 0 aromatic carbocycles. The summed E-state index contributed by atoms with van der Waals surface area (Å²) in [5, 5.41) is 20.3. The van der Waals surface area contributed by atoms with E-state index in [2.05, 4.69) is 20.8 Å². The zero-order valence-corrected chi connectivity index (χ0v) is 15.5. The molecule has 0 bridgehead atoms. The van der Waals surface area contributed by atoms with Gasteiger partial charge in [0.2, 0.25) is 0 Å². The summed E-state index contributed by atoms with van der Waals surface area (Å²) in [7, 11) is 0. The topological polar surface area (TPSA) is 77.4 Å². The van der Waals surface area contributed by atoms with Crippen molar-refractivity contribution in [2.75, 3.05) is 26.4 Å². The maximum Gasteiger partial charge on any atom is 0.186 e. The molecule has 5 atom stereocenters. The van der Waals surface area contributed by atoms with Crippen LogP contribution in [0, 0.1) is 0 Å². The highest BCUT2D eigenvalue weighted by molar-refractivity contribution is 4.91. The van der Waals surface area contributed by atoms with Crippen molar-refractivity contribution in [2.45, 2.75) is 90.0 Å². The lowest BCUT2D eigenvalue weighted by Crippen LogP contribution is -2.61. The van der Waals surface area contributed by atoms with E-state index >= 15 is 0 Å². The minimum atomic E-state index is -0.923. The first-order valence-corrected chi connectivity index (χ1v) is 9.48. The molecule has 1 fully saturated rings. The molecular weight excluding hydrogens is 312 g/mol. The lowest BCUT2D eigenvalue weighted by molar-refractivity contribution is -0.314. The van der Waals surface area contributed by atoms with Crippen molar-refractivity contribution in [1.82, 2.24) is 0 Å². The second-order valence-corrected chi connectivity index (χ2v) is 6.32. The van der Waals surface area contributed by atoms with Gasteiger partial charge in [-0.05, 0) is 19.3 Å². The Hall–Kier alpha value is -0.240. The van der Waals surface area contributed by atoms with E-state index in [0.717, 1.165) is 38.5 Å². The molecule has 24 heavy (non-hydrogen) atoms. The number of hydrogen-bond acceptors (Lipinski definition) is 6. The second kappa shape index (κ2) is 13.0. The number of unbranched alkanes of at least 4 members (excludes halogenated alkanes) is 3. The first-order chi connectivity index (χ1) is 11.7. The molecule has 2 N–H and O–H groups in total. The second-order valence-electron chi connectivity index (χ2n) is 6.32. The van der Waals surface area contributed by atoms with Gasteiger partial charge in [-0.3, -0.25) is 0 Å². The first kappa shape index (κ1) is 21.8. The van der Waals surface area contributed by atoms with Crippen LogP contribution in [0.4, 0.5) is 0 Å². The molecule has 0 aromatic rings. The molecule has 0 radical (unpaired) electrons. The number of ether oxygens (including phenoxy) is 4. The highest BCUT2D eigenvalue weighted by Crippen LogP contribution is 2.27. The van der Waals surface area contributed by atoms with E-state index in [1.807, 2.05) is 0 Å². The van der Waals surface area contributed by atoms with Gasteiger partial charge in [-0.2, -0.15) is 0 Å². The Kier molecular flexibility index (Phi) is 11.8. The standard InChI is InChI=1S/C18H36O6/c1-4-7-10-21-16-14(13-19)24-18(23-12-9-6-3)15(20)17(16)22-11-8-5-2/h14-20H,4-13H2,1-3H3/t14?,15?,16-,17?,18?/m1/s1. The van der Waals surface area contributed by atoms with Crippen LogP contribution in [0.1, 0.15) is 59.3 Å². The fourth-order valence-corrected chi connectivity index (χ4v) is 2.64. The maximum atomic E-state index is 10.6. The third kappa shape index (κ3) is 6.94. The summed E-state index contributed by atoms with van der Waals surface area (Å²) in [5.74, 6) is 0. The monoisotopic (exact) mass is 348 g/mol. The highest BCUT2D eigenvalue weighted by Gasteiger charge is 2.47. The number of aliphatic hydroxyl groups is 2. The van der Waals surface area contributed by atoms with Gasteiger partial charge in [-0.25, -0.2) is 0 Å². The van der Waals surface area contributed by atoms with E-state index in [-0.39, 0.29) is 6.61 Å². The molecule has 1 heterocycles. The Bertz CT molecular complexity index is 301. The molecule has 0 aromatic heterocycles. The molecule has 1 rings (SSSR count). The molecule has 1 saturated heterocycles. The van der Waals surface area contributed by atoms with E-state index < -0.39 is 30.7 Å². The van der Waals surface area contributed by atoms with Crippen molar-refractivity contribution in [1.29, 1.82) is 0 Å². The zero-order valence-electron chi connectivity index (χ0n) is 15.5. The Labute approximate surface area is 146 Å². The molecule has 144 valence electrons. The van der Waals surface area contributed by atoms with Gasteiger partial charge in [0.25, 0.3) is 0 Å². The van der Waals surface area contributed by atoms with E-state index in [9.17, 15) is 10.2 Å². The van der Waals surface area contributed by atoms with Gasteiger partial charge in [0.1, 0.15) is 24.4 Å². The fraction of sp³-hybridized carbons (Fsp3) is 1.00. The summed E-state index contributed by atoms with van der Waals surface area (Å²) in [6, 6.07) is 0. The van der Waals surface area contributed by atoms with Crippen LogP contribution in [-0.4, -0.2) is 67.3 Å². The Balaban J connectivity index is 2.73. The van der Waals surface area contributed by atoms with Crippen LogP contribution in [0.2, 0.25) is 0 Å². The predicted octanol–water partition coefficient (Wildman–Crippen LogP) is 2.25. The van der Waals surface area contributed by atoms with Gasteiger partial charge in [0.05, 0.1) is 6.61 Å². The molecule has 0 saturated carbocycles. The number of rotatable bonds is 13. The summed E-state index contributed by atoms with van der Waals surface area (Å²) >= 11 is 0. The zero-order chi connectivity index (χ0) is 17.8. The molecular formula is C18H36O6. The van der Waals surface area contributed by atoms with Crippen molar-refractivity contribution in [2.24, 2.45) is 0 Å². The van der Waals surface area contributed by atoms with Crippen LogP contribution in [0.15, 0.2) is 0 Å². The summed E-state index contributed by atoms with van der Waals surface area (Å²) in [4.78, 5) is 0. The normalized spacial score (nSPS) is 30.6. The summed E-state index contributed by atoms with van der Waals surface area (Å²) in [5.41, 5.74) is 0. The Morgan fingerprint density at radius 3 is 1.79 bits per heavy atom. The van der Waals surface area contributed by atoms with E-state index in [0.29, 0.717) is 19.8 Å². The van der Waals surface area contributed by atoms with Crippen LogP contribution in [0.5, 0.6) is 0 Å².